The summed E-state index contributed by atoms with van der Waals surface area (Å²) < 4.78 is 0. The van der Waals surface area contributed by atoms with Crippen LogP contribution in [-0.2, 0) is 0 Å². The molecule has 0 amide bonds. The number of carbonyl (C=O) groups is 1. The summed E-state index contributed by atoms with van der Waals surface area (Å²) in [5.41, 5.74) is 2.22. The lowest BCUT2D eigenvalue weighted by molar-refractivity contribution is 0.112. The third-order valence-electron chi connectivity index (χ3n) is 2.24. The second kappa shape index (κ2) is 4.41. The second-order valence-electron chi connectivity index (χ2n) is 3.37. The highest BCUT2D eigenvalue weighted by Crippen LogP contribution is 2.23. The third kappa shape index (κ3) is 2.09. The van der Waals surface area contributed by atoms with Gasteiger partial charge in [-0.1, -0.05) is 17.7 Å². The first-order chi connectivity index (χ1) is 7.70. The van der Waals surface area contributed by atoms with Gasteiger partial charge in [0.25, 0.3) is 0 Å². The summed E-state index contributed by atoms with van der Waals surface area (Å²) in [4.78, 5) is 19.0. The predicted octanol–water partition coefficient (Wildman–Crippen LogP) is 2.92. The summed E-state index contributed by atoms with van der Waals surface area (Å²) >= 11 is 5.85. The highest BCUT2D eigenvalue weighted by molar-refractivity contribution is 6.33. The van der Waals surface area contributed by atoms with Crippen LogP contribution in [0, 0.1) is 6.92 Å². The Balaban J connectivity index is 2.48. The van der Waals surface area contributed by atoms with Gasteiger partial charge in [0.2, 0.25) is 0 Å². The van der Waals surface area contributed by atoms with Gasteiger partial charge in [-0.15, -0.1) is 0 Å². The van der Waals surface area contributed by atoms with E-state index in [9.17, 15) is 4.79 Å². The van der Waals surface area contributed by atoms with Crippen LogP contribution in [0.15, 0.2) is 30.6 Å². The fraction of sp³-hybridized carbons (Fsp3) is 0.0833. The molecule has 0 unspecified atom stereocenters. The number of rotatable bonds is 2. The van der Waals surface area contributed by atoms with E-state index < -0.39 is 0 Å². The van der Waals surface area contributed by atoms with Crippen molar-refractivity contribution < 1.29 is 4.79 Å². The Hall–Kier alpha value is -1.74. The van der Waals surface area contributed by atoms with Crippen LogP contribution in [-0.4, -0.2) is 16.3 Å². The monoisotopic (exact) mass is 232 g/mol. The Labute approximate surface area is 98.1 Å². The van der Waals surface area contributed by atoms with Crippen LogP contribution in [0.3, 0.4) is 0 Å². The number of carbonyl (C=O) groups excluding carboxylic acids is 1. The number of benzene rings is 1. The topological polar surface area (TPSA) is 42.9 Å². The number of hydrogen-bond acceptors (Lipinski definition) is 3. The fourth-order valence-electron chi connectivity index (χ4n) is 1.36. The van der Waals surface area contributed by atoms with Crippen molar-refractivity contribution in [3.63, 3.8) is 0 Å². The number of aryl methyl sites for hydroxylation is 1. The van der Waals surface area contributed by atoms with Crippen LogP contribution in [0.5, 0.6) is 0 Å². The van der Waals surface area contributed by atoms with E-state index in [-0.39, 0.29) is 0 Å². The molecule has 0 atom stereocenters. The highest BCUT2D eigenvalue weighted by Gasteiger charge is 2.03. The molecule has 0 spiro atoms. The van der Waals surface area contributed by atoms with E-state index in [1.54, 1.807) is 24.5 Å². The number of hydrogen-bond donors (Lipinski definition) is 0. The highest BCUT2D eigenvalue weighted by atomic mass is 35.5. The molecule has 2 aromatic rings. The maximum Gasteiger partial charge on any atom is 0.151 e. The van der Waals surface area contributed by atoms with Gasteiger partial charge in [0.1, 0.15) is 5.82 Å². The summed E-state index contributed by atoms with van der Waals surface area (Å²) in [6, 6.07) is 5.26. The standard InChI is InChI=1S/C12H9ClN2O/c1-8-14-5-11(6-15-8)9-2-3-12(13)10(4-9)7-16/h2-7H,1H3. The smallest absolute Gasteiger partial charge is 0.151 e. The van der Waals surface area contributed by atoms with E-state index in [0.29, 0.717) is 16.4 Å². The second-order valence-corrected chi connectivity index (χ2v) is 3.78. The molecule has 0 saturated carbocycles. The first-order valence-corrected chi connectivity index (χ1v) is 5.12. The first-order valence-electron chi connectivity index (χ1n) is 4.74. The minimum atomic E-state index is 0.451. The van der Waals surface area contributed by atoms with Gasteiger partial charge in [-0.05, 0) is 24.6 Å². The largest absolute Gasteiger partial charge is 0.298 e. The molecule has 0 N–H and O–H groups in total. The molecule has 16 heavy (non-hydrogen) atoms. The van der Waals surface area contributed by atoms with E-state index in [2.05, 4.69) is 9.97 Å². The maximum absolute atomic E-state index is 10.7. The van der Waals surface area contributed by atoms with Gasteiger partial charge in [0, 0.05) is 23.5 Å². The molecule has 1 heterocycles. The molecule has 0 bridgehead atoms. The molecule has 0 aliphatic rings. The average molecular weight is 233 g/mol. The van der Waals surface area contributed by atoms with Crippen molar-refractivity contribution in [3.8, 4) is 11.1 Å². The van der Waals surface area contributed by atoms with Crippen LogP contribution in [0.2, 0.25) is 5.02 Å². The van der Waals surface area contributed by atoms with Crippen molar-refractivity contribution in [2.24, 2.45) is 0 Å². The molecule has 0 aliphatic carbocycles. The van der Waals surface area contributed by atoms with Crippen LogP contribution in [0.25, 0.3) is 11.1 Å². The zero-order chi connectivity index (χ0) is 11.5. The molecule has 0 saturated heterocycles. The number of halogens is 1. The minimum absolute atomic E-state index is 0.451. The van der Waals surface area contributed by atoms with Gasteiger partial charge in [-0.2, -0.15) is 0 Å². The van der Waals surface area contributed by atoms with E-state index in [4.69, 9.17) is 11.6 Å². The summed E-state index contributed by atoms with van der Waals surface area (Å²) in [6.45, 7) is 1.82. The number of aldehydes is 1. The normalized spacial score (nSPS) is 10.1. The lowest BCUT2D eigenvalue weighted by atomic mass is 10.1. The molecule has 0 fully saturated rings. The Kier molecular flexibility index (Phi) is 2.97. The SMILES string of the molecule is Cc1ncc(-c2ccc(Cl)c(C=O)c2)cn1. The Bertz CT molecular complexity index is 523. The predicted molar refractivity (Wildman–Crippen MR) is 62.6 cm³/mol. The zero-order valence-corrected chi connectivity index (χ0v) is 9.40. The average Bonchev–Trinajstić information content (AvgIpc) is 2.31. The summed E-state index contributed by atoms with van der Waals surface area (Å²) in [7, 11) is 0. The van der Waals surface area contributed by atoms with Gasteiger partial charge in [-0.3, -0.25) is 4.79 Å². The molecule has 0 aliphatic heterocycles. The van der Waals surface area contributed by atoms with E-state index >= 15 is 0 Å². The summed E-state index contributed by atoms with van der Waals surface area (Å²) in [5, 5.41) is 0.451. The van der Waals surface area contributed by atoms with Crippen LogP contribution >= 0.6 is 11.6 Å². The summed E-state index contributed by atoms with van der Waals surface area (Å²) in [5.74, 6) is 0.716. The van der Waals surface area contributed by atoms with Crippen molar-refractivity contribution in [3.05, 3.63) is 47.0 Å². The van der Waals surface area contributed by atoms with E-state index in [0.717, 1.165) is 17.4 Å². The van der Waals surface area contributed by atoms with E-state index in [1.165, 1.54) is 0 Å². The Morgan fingerprint density at radius 1 is 1.19 bits per heavy atom. The fourth-order valence-corrected chi connectivity index (χ4v) is 1.52. The minimum Gasteiger partial charge on any atom is -0.298 e. The van der Waals surface area contributed by atoms with Crippen molar-refractivity contribution in [2.75, 3.05) is 0 Å². The molecular weight excluding hydrogens is 224 g/mol. The van der Waals surface area contributed by atoms with Crippen LogP contribution in [0.1, 0.15) is 16.2 Å². The van der Waals surface area contributed by atoms with Crippen LogP contribution in [0.4, 0.5) is 0 Å². The van der Waals surface area contributed by atoms with Crippen molar-refractivity contribution in [2.45, 2.75) is 6.92 Å². The van der Waals surface area contributed by atoms with Gasteiger partial charge in [0.15, 0.2) is 6.29 Å². The molecule has 1 aromatic carbocycles. The quantitative estimate of drug-likeness (QED) is 0.748. The lowest BCUT2D eigenvalue weighted by Crippen LogP contribution is -1.89. The van der Waals surface area contributed by atoms with Crippen molar-refractivity contribution in [1.82, 2.24) is 9.97 Å². The van der Waals surface area contributed by atoms with Crippen LogP contribution < -0.4 is 0 Å². The molecule has 80 valence electrons. The third-order valence-corrected chi connectivity index (χ3v) is 2.58. The van der Waals surface area contributed by atoms with Crippen molar-refractivity contribution >= 4 is 17.9 Å². The van der Waals surface area contributed by atoms with Gasteiger partial charge >= 0.3 is 0 Å². The number of nitrogens with zero attached hydrogens (tertiary/aromatic N) is 2. The van der Waals surface area contributed by atoms with Gasteiger partial charge < -0.3 is 0 Å². The molecular formula is C12H9ClN2O. The Morgan fingerprint density at radius 3 is 2.50 bits per heavy atom. The van der Waals surface area contributed by atoms with Crippen molar-refractivity contribution in [1.29, 1.82) is 0 Å². The molecule has 4 heteroatoms. The first kappa shape index (κ1) is 10.8. The van der Waals surface area contributed by atoms with Gasteiger partial charge in [0.05, 0.1) is 5.02 Å². The maximum atomic E-state index is 10.7. The lowest BCUT2D eigenvalue weighted by Gasteiger charge is -2.03. The molecule has 1 aromatic heterocycles. The van der Waals surface area contributed by atoms with E-state index in [1.807, 2.05) is 13.0 Å². The molecule has 3 nitrogen and oxygen atoms in total. The Morgan fingerprint density at radius 2 is 1.88 bits per heavy atom. The zero-order valence-electron chi connectivity index (χ0n) is 8.64. The summed E-state index contributed by atoms with van der Waals surface area (Å²) in [6.07, 6.45) is 4.18. The number of aromatic nitrogens is 2. The molecule has 0 radical (unpaired) electrons. The molecule has 2 rings (SSSR count). The van der Waals surface area contributed by atoms with Gasteiger partial charge in [-0.25, -0.2) is 9.97 Å².